The summed E-state index contributed by atoms with van der Waals surface area (Å²) in [7, 11) is 0. The zero-order valence-corrected chi connectivity index (χ0v) is 11.2. The van der Waals surface area contributed by atoms with Crippen molar-refractivity contribution in [3.8, 4) is 0 Å². The van der Waals surface area contributed by atoms with E-state index in [1.54, 1.807) is 0 Å². The van der Waals surface area contributed by atoms with E-state index in [9.17, 15) is 0 Å². The smallest absolute Gasteiger partial charge is 0.291 e. The van der Waals surface area contributed by atoms with Crippen LogP contribution in [0.2, 0.25) is 5.28 Å². The number of ether oxygens (including phenoxy) is 1. The minimum absolute atomic E-state index is 0.0367. The highest BCUT2D eigenvalue weighted by molar-refractivity contribution is 6.28. The molecule has 0 bridgehead atoms. The second kappa shape index (κ2) is 5.53. The third-order valence-corrected chi connectivity index (χ3v) is 2.77. The fourth-order valence-corrected chi connectivity index (χ4v) is 1.81. The van der Waals surface area contributed by atoms with Gasteiger partial charge in [-0.25, -0.2) is 0 Å². The molecule has 2 heterocycles. The van der Waals surface area contributed by atoms with Gasteiger partial charge >= 0.3 is 0 Å². The van der Waals surface area contributed by atoms with Gasteiger partial charge in [-0.05, 0) is 18.5 Å². The van der Waals surface area contributed by atoms with Gasteiger partial charge in [0.05, 0.1) is 12.4 Å². The van der Waals surface area contributed by atoms with Crippen molar-refractivity contribution in [1.82, 2.24) is 15.0 Å². The lowest BCUT2D eigenvalue weighted by Crippen LogP contribution is -2.28. The van der Waals surface area contributed by atoms with Crippen LogP contribution in [0.25, 0.3) is 0 Å². The van der Waals surface area contributed by atoms with Crippen molar-refractivity contribution in [2.24, 2.45) is 0 Å². The van der Waals surface area contributed by atoms with Crippen LogP contribution in [0, 0.1) is 5.41 Å². The van der Waals surface area contributed by atoms with Gasteiger partial charge in [-0.15, -0.1) is 11.6 Å². The molecule has 18 heavy (non-hydrogen) atoms. The summed E-state index contributed by atoms with van der Waals surface area (Å²) >= 11 is 11.5. The average Bonchev–Trinajstić information content (AvgIpc) is 2.70. The molecular weight excluding hydrogens is 279 g/mol. The molecule has 0 spiro atoms. The van der Waals surface area contributed by atoms with Crippen molar-refractivity contribution >= 4 is 41.1 Å². The van der Waals surface area contributed by atoms with Crippen molar-refractivity contribution in [1.29, 1.82) is 5.41 Å². The summed E-state index contributed by atoms with van der Waals surface area (Å²) in [5, 5.41) is 10.7. The Hall–Kier alpha value is -1.34. The molecule has 0 unspecified atom stereocenters. The van der Waals surface area contributed by atoms with Crippen molar-refractivity contribution < 1.29 is 4.74 Å². The Balaban J connectivity index is 2.25. The first-order valence-corrected chi connectivity index (χ1v) is 6.29. The maximum atomic E-state index is 7.70. The Labute approximate surface area is 114 Å². The molecule has 1 fully saturated rings. The first kappa shape index (κ1) is 13.1. The number of amidine groups is 1. The van der Waals surface area contributed by atoms with Crippen molar-refractivity contribution in [3.05, 3.63) is 5.28 Å². The summed E-state index contributed by atoms with van der Waals surface area (Å²) in [4.78, 5) is 13.6. The predicted octanol–water partition coefficient (Wildman–Crippen LogP) is 1.34. The van der Waals surface area contributed by atoms with E-state index >= 15 is 0 Å². The van der Waals surface area contributed by atoms with E-state index in [4.69, 9.17) is 33.3 Å². The number of nitrogens with one attached hydrogen (secondary N) is 2. The first-order chi connectivity index (χ1) is 8.63. The van der Waals surface area contributed by atoms with Gasteiger partial charge in [0.25, 0.3) is 6.02 Å². The van der Waals surface area contributed by atoms with Gasteiger partial charge in [-0.1, -0.05) is 0 Å². The lowest BCUT2D eigenvalue weighted by atomic mass is 10.4. The molecule has 1 aliphatic heterocycles. The van der Waals surface area contributed by atoms with Crippen LogP contribution in [0.15, 0.2) is 0 Å². The summed E-state index contributed by atoms with van der Waals surface area (Å²) in [5.74, 6) is 0.954. The minimum Gasteiger partial charge on any atom is -0.459 e. The van der Waals surface area contributed by atoms with Gasteiger partial charge in [-0.3, -0.25) is 10.3 Å². The minimum atomic E-state index is -0.239. The number of alkyl halides is 1. The van der Waals surface area contributed by atoms with E-state index in [-0.39, 0.29) is 23.4 Å². The zero-order valence-electron chi connectivity index (χ0n) is 9.65. The quantitative estimate of drug-likeness (QED) is 0.814. The van der Waals surface area contributed by atoms with Crippen LogP contribution in [0.3, 0.4) is 0 Å². The molecular formula is C9H12Cl2N6O. The van der Waals surface area contributed by atoms with Crippen LogP contribution >= 0.6 is 23.2 Å². The largest absolute Gasteiger partial charge is 0.459 e. The Morgan fingerprint density at radius 1 is 1.50 bits per heavy atom. The third-order valence-electron chi connectivity index (χ3n) is 2.25. The highest BCUT2D eigenvalue weighted by Gasteiger charge is 2.31. The van der Waals surface area contributed by atoms with E-state index in [2.05, 4.69) is 20.3 Å². The number of aromatic nitrogens is 3. The van der Waals surface area contributed by atoms with Gasteiger partial charge in [0.1, 0.15) is 6.10 Å². The number of rotatable bonds is 4. The molecule has 98 valence electrons. The summed E-state index contributed by atoms with van der Waals surface area (Å²) in [6.45, 7) is 3.01. The normalized spacial score (nSPS) is 18.9. The highest BCUT2D eigenvalue weighted by atomic mass is 35.5. The van der Waals surface area contributed by atoms with Gasteiger partial charge in [0, 0.05) is 6.54 Å². The Bertz CT molecular complexity index is 457. The van der Waals surface area contributed by atoms with Crippen LogP contribution in [-0.2, 0) is 4.74 Å². The Morgan fingerprint density at radius 3 is 2.89 bits per heavy atom. The van der Waals surface area contributed by atoms with Crippen molar-refractivity contribution in [2.75, 3.05) is 29.2 Å². The van der Waals surface area contributed by atoms with Crippen LogP contribution in [0.1, 0.15) is 6.92 Å². The van der Waals surface area contributed by atoms with E-state index in [1.807, 2.05) is 6.92 Å². The molecule has 1 aromatic rings. The first-order valence-electron chi connectivity index (χ1n) is 5.38. The van der Waals surface area contributed by atoms with E-state index in [0.29, 0.717) is 24.9 Å². The van der Waals surface area contributed by atoms with E-state index < -0.39 is 0 Å². The van der Waals surface area contributed by atoms with Gasteiger partial charge in [0.15, 0.2) is 0 Å². The fraction of sp³-hybridized carbons (Fsp3) is 0.556. The number of hydrogen-bond donors (Lipinski definition) is 2. The molecule has 1 saturated heterocycles. The van der Waals surface area contributed by atoms with Crippen molar-refractivity contribution in [2.45, 2.75) is 13.0 Å². The maximum Gasteiger partial charge on any atom is 0.291 e. The summed E-state index contributed by atoms with van der Waals surface area (Å²) < 4.78 is 5.23. The molecule has 2 N–H and O–H groups in total. The topological polar surface area (TPSA) is 87.0 Å². The van der Waals surface area contributed by atoms with Crippen LogP contribution in [0.4, 0.5) is 11.9 Å². The second-order valence-corrected chi connectivity index (χ2v) is 4.21. The SMILES string of the molecule is CCNc1nc(Cl)nc(N2C[C@@H](CCl)OC2=N)n1. The van der Waals surface area contributed by atoms with E-state index in [1.165, 1.54) is 4.90 Å². The van der Waals surface area contributed by atoms with Crippen LogP contribution in [-0.4, -0.2) is 46.0 Å². The van der Waals surface area contributed by atoms with Crippen LogP contribution in [0.5, 0.6) is 0 Å². The summed E-state index contributed by atoms with van der Waals surface area (Å²) in [5.41, 5.74) is 0. The standard InChI is InChI=1S/C9H12Cl2N6O/c1-2-13-8-14-6(11)15-9(16-8)17-4-5(3-10)18-7(17)12/h5,12H,2-4H2,1H3,(H,13,14,15,16)/t5-/m1/s1. The Morgan fingerprint density at radius 2 is 2.28 bits per heavy atom. The molecule has 9 heteroatoms. The molecule has 1 aromatic heterocycles. The number of anilines is 2. The monoisotopic (exact) mass is 290 g/mol. The van der Waals surface area contributed by atoms with Gasteiger partial charge in [0.2, 0.25) is 17.2 Å². The lowest BCUT2D eigenvalue weighted by molar-refractivity contribution is 0.253. The highest BCUT2D eigenvalue weighted by Crippen LogP contribution is 2.20. The van der Waals surface area contributed by atoms with Gasteiger partial charge in [-0.2, -0.15) is 15.0 Å². The fourth-order valence-electron chi connectivity index (χ4n) is 1.50. The number of hydrogen-bond acceptors (Lipinski definition) is 6. The van der Waals surface area contributed by atoms with Gasteiger partial charge < -0.3 is 10.1 Å². The summed E-state index contributed by atoms with van der Waals surface area (Å²) in [6, 6.07) is -0.0367. The molecule has 0 radical (unpaired) electrons. The molecule has 7 nitrogen and oxygen atoms in total. The number of nitrogens with zero attached hydrogens (tertiary/aromatic N) is 4. The number of halogens is 2. The summed E-state index contributed by atoms with van der Waals surface area (Å²) in [6.07, 6.45) is -0.239. The average molecular weight is 291 g/mol. The molecule has 1 aliphatic rings. The molecule has 0 saturated carbocycles. The Kier molecular flexibility index (Phi) is 4.03. The van der Waals surface area contributed by atoms with Crippen LogP contribution < -0.4 is 10.2 Å². The maximum absolute atomic E-state index is 7.70. The predicted molar refractivity (Wildman–Crippen MR) is 69.7 cm³/mol. The molecule has 0 aromatic carbocycles. The lowest BCUT2D eigenvalue weighted by Gasteiger charge is -2.13. The van der Waals surface area contributed by atoms with Crippen molar-refractivity contribution in [3.63, 3.8) is 0 Å². The zero-order chi connectivity index (χ0) is 13.1. The molecule has 0 amide bonds. The third kappa shape index (κ3) is 2.73. The second-order valence-electron chi connectivity index (χ2n) is 3.57. The molecule has 1 atom stereocenters. The molecule has 2 rings (SSSR count). The van der Waals surface area contributed by atoms with E-state index in [0.717, 1.165) is 0 Å². The molecule has 0 aliphatic carbocycles.